The van der Waals surface area contributed by atoms with E-state index in [1.54, 1.807) is 18.6 Å². The number of likely N-dealkylation sites (tertiary alicyclic amines) is 1. The first-order valence-electron chi connectivity index (χ1n) is 7.20. The van der Waals surface area contributed by atoms with Gasteiger partial charge in [-0.3, -0.25) is 4.98 Å². The minimum absolute atomic E-state index is 0.369. The van der Waals surface area contributed by atoms with E-state index in [9.17, 15) is 0 Å². The molecular weight excluding hydrogens is 264 g/mol. The second kappa shape index (κ2) is 6.05. The van der Waals surface area contributed by atoms with Gasteiger partial charge in [-0.15, -0.1) is 0 Å². The van der Waals surface area contributed by atoms with E-state index < -0.39 is 0 Å². The van der Waals surface area contributed by atoms with Gasteiger partial charge >= 0.3 is 0 Å². The molecule has 1 saturated heterocycles. The van der Waals surface area contributed by atoms with Gasteiger partial charge in [0.15, 0.2) is 11.6 Å². The average Bonchev–Trinajstić information content (AvgIpc) is 2.50. The molecule has 0 amide bonds. The second-order valence-electron chi connectivity index (χ2n) is 5.47. The van der Waals surface area contributed by atoms with Crippen molar-refractivity contribution in [2.24, 2.45) is 0 Å². The number of nitrogens with zero attached hydrogens (tertiary/aromatic N) is 4. The van der Waals surface area contributed by atoms with Crippen LogP contribution in [0, 0.1) is 0 Å². The summed E-state index contributed by atoms with van der Waals surface area (Å²) in [5.41, 5.74) is 7.75. The molecule has 1 aliphatic heterocycles. The van der Waals surface area contributed by atoms with E-state index in [-0.39, 0.29) is 0 Å². The third-order valence-electron chi connectivity index (χ3n) is 3.74. The van der Waals surface area contributed by atoms with Crippen LogP contribution < -0.4 is 11.1 Å². The Bertz CT molecular complexity index is 600. The van der Waals surface area contributed by atoms with Gasteiger partial charge in [0.2, 0.25) is 0 Å². The first-order valence-corrected chi connectivity index (χ1v) is 7.20. The van der Waals surface area contributed by atoms with Crippen molar-refractivity contribution in [3.05, 3.63) is 30.7 Å². The number of nitrogens with one attached hydrogen (secondary N) is 1. The molecule has 110 valence electrons. The van der Waals surface area contributed by atoms with Crippen LogP contribution in [0.1, 0.15) is 12.8 Å². The van der Waals surface area contributed by atoms with Crippen molar-refractivity contribution in [1.82, 2.24) is 19.9 Å². The maximum Gasteiger partial charge on any atom is 0.169 e. The van der Waals surface area contributed by atoms with Crippen molar-refractivity contribution in [2.45, 2.75) is 18.9 Å². The predicted octanol–water partition coefficient (Wildman–Crippen LogP) is 1.63. The summed E-state index contributed by atoms with van der Waals surface area (Å²) in [5.74, 6) is 1.12. The van der Waals surface area contributed by atoms with Gasteiger partial charge in [-0.25, -0.2) is 9.97 Å². The van der Waals surface area contributed by atoms with Crippen LogP contribution in [0.3, 0.4) is 0 Å². The lowest BCUT2D eigenvalue weighted by Gasteiger charge is -2.30. The Balaban J connectivity index is 1.81. The molecule has 0 aromatic carbocycles. The summed E-state index contributed by atoms with van der Waals surface area (Å²) in [6, 6.07) is 4.20. The van der Waals surface area contributed by atoms with E-state index in [4.69, 9.17) is 5.73 Å². The number of hydrogen-bond donors (Lipinski definition) is 2. The van der Waals surface area contributed by atoms with Gasteiger partial charge in [0, 0.05) is 30.5 Å². The Labute approximate surface area is 124 Å². The first kappa shape index (κ1) is 13.8. The Morgan fingerprint density at radius 2 is 2.14 bits per heavy atom. The highest BCUT2D eigenvalue weighted by molar-refractivity contribution is 5.65. The van der Waals surface area contributed by atoms with Gasteiger partial charge < -0.3 is 16.0 Å². The topological polar surface area (TPSA) is 80.0 Å². The van der Waals surface area contributed by atoms with Gasteiger partial charge in [-0.1, -0.05) is 0 Å². The van der Waals surface area contributed by atoms with E-state index in [0.717, 1.165) is 30.8 Å². The average molecular weight is 284 g/mol. The minimum atomic E-state index is 0.369. The number of hydrogen-bond acceptors (Lipinski definition) is 6. The van der Waals surface area contributed by atoms with E-state index >= 15 is 0 Å². The SMILES string of the molecule is CN1CCCC(Nc2nc(-c3ccncc3)cnc2N)C1. The molecule has 3 heterocycles. The van der Waals surface area contributed by atoms with Crippen LogP contribution in [0.5, 0.6) is 0 Å². The first-order chi connectivity index (χ1) is 10.2. The van der Waals surface area contributed by atoms with Crippen molar-refractivity contribution in [1.29, 1.82) is 0 Å². The molecule has 0 aliphatic carbocycles. The van der Waals surface area contributed by atoms with Crippen molar-refractivity contribution < 1.29 is 0 Å². The highest BCUT2D eigenvalue weighted by Gasteiger charge is 2.18. The normalized spacial score (nSPS) is 19.4. The van der Waals surface area contributed by atoms with Gasteiger partial charge in [0.1, 0.15) is 0 Å². The van der Waals surface area contributed by atoms with E-state index in [2.05, 4.69) is 32.2 Å². The molecule has 3 N–H and O–H groups in total. The molecule has 2 aromatic heterocycles. The number of nitrogens with two attached hydrogens (primary N) is 1. The number of likely N-dealkylation sites (N-methyl/N-ethyl adjacent to an activating group) is 1. The maximum absolute atomic E-state index is 5.96. The monoisotopic (exact) mass is 284 g/mol. The third kappa shape index (κ3) is 3.28. The van der Waals surface area contributed by atoms with Crippen LogP contribution in [0.4, 0.5) is 11.6 Å². The Kier molecular flexibility index (Phi) is 3.96. The van der Waals surface area contributed by atoms with Crippen molar-refractivity contribution in [3.63, 3.8) is 0 Å². The summed E-state index contributed by atoms with van der Waals surface area (Å²) < 4.78 is 0. The number of nitrogen functional groups attached to an aromatic ring is 1. The summed E-state index contributed by atoms with van der Waals surface area (Å²) in [7, 11) is 2.14. The number of aromatic nitrogens is 3. The van der Waals surface area contributed by atoms with Crippen molar-refractivity contribution in [2.75, 3.05) is 31.2 Å². The van der Waals surface area contributed by atoms with E-state index in [1.165, 1.54) is 6.42 Å². The van der Waals surface area contributed by atoms with Gasteiger partial charge in [-0.2, -0.15) is 0 Å². The quantitative estimate of drug-likeness (QED) is 0.891. The Morgan fingerprint density at radius 1 is 1.33 bits per heavy atom. The van der Waals surface area contributed by atoms with Crippen LogP contribution in [-0.4, -0.2) is 46.0 Å². The molecule has 0 spiro atoms. The molecule has 21 heavy (non-hydrogen) atoms. The summed E-state index contributed by atoms with van der Waals surface area (Å²) in [5, 5.41) is 3.43. The summed E-state index contributed by atoms with van der Waals surface area (Å²) in [4.78, 5) is 15.2. The molecule has 0 saturated carbocycles. The van der Waals surface area contributed by atoms with Crippen LogP contribution in [0.2, 0.25) is 0 Å². The van der Waals surface area contributed by atoms with Crippen molar-refractivity contribution >= 4 is 11.6 Å². The summed E-state index contributed by atoms with van der Waals surface area (Å²) in [6.07, 6.45) is 7.51. The number of rotatable bonds is 3. The fourth-order valence-electron chi connectivity index (χ4n) is 2.64. The molecular formula is C15H20N6. The smallest absolute Gasteiger partial charge is 0.169 e. The molecule has 6 heteroatoms. The van der Waals surface area contributed by atoms with Gasteiger partial charge in [0.25, 0.3) is 0 Å². The third-order valence-corrected chi connectivity index (χ3v) is 3.74. The number of pyridine rings is 1. The molecule has 1 unspecified atom stereocenters. The number of anilines is 2. The molecule has 3 rings (SSSR count). The molecule has 0 radical (unpaired) electrons. The molecule has 1 fully saturated rings. The predicted molar refractivity (Wildman–Crippen MR) is 83.8 cm³/mol. The highest BCUT2D eigenvalue weighted by Crippen LogP contribution is 2.22. The highest BCUT2D eigenvalue weighted by atomic mass is 15.2. The molecule has 0 bridgehead atoms. The van der Waals surface area contributed by atoms with Gasteiger partial charge in [0.05, 0.1) is 11.9 Å². The fraction of sp³-hybridized carbons (Fsp3) is 0.400. The standard InChI is InChI=1S/C15H20N6/c1-21-8-2-3-12(10-21)19-15-14(16)18-9-13(20-15)11-4-6-17-7-5-11/h4-7,9,12H,2-3,8,10H2,1H3,(H2,16,18)(H,19,20). The van der Waals surface area contributed by atoms with Gasteiger partial charge in [-0.05, 0) is 38.6 Å². The van der Waals surface area contributed by atoms with Crippen LogP contribution in [0.25, 0.3) is 11.3 Å². The lowest BCUT2D eigenvalue weighted by molar-refractivity contribution is 0.261. The second-order valence-corrected chi connectivity index (χ2v) is 5.47. The Morgan fingerprint density at radius 3 is 2.90 bits per heavy atom. The fourth-order valence-corrected chi connectivity index (χ4v) is 2.64. The lowest BCUT2D eigenvalue weighted by Crippen LogP contribution is -2.40. The summed E-state index contributed by atoms with van der Waals surface area (Å²) >= 11 is 0. The zero-order valence-electron chi connectivity index (χ0n) is 12.2. The molecule has 2 aromatic rings. The van der Waals surface area contributed by atoms with Crippen molar-refractivity contribution in [3.8, 4) is 11.3 Å². The summed E-state index contributed by atoms with van der Waals surface area (Å²) in [6.45, 7) is 2.15. The van der Waals surface area contributed by atoms with E-state index in [1.807, 2.05) is 12.1 Å². The number of piperidine rings is 1. The molecule has 6 nitrogen and oxygen atoms in total. The van der Waals surface area contributed by atoms with Crippen LogP contribution in [0.15, 0.2) is 30.7 Å². The molecule has 1 atom stereocenters. The van der Waals surface area contributed by atoms with Crippen LogP contribution >= 0.6 is 0 Å². The zero-order chi connectivity index (χ0) is 14.7. The zero-order valence-corrected chi connectivity index (χ0v) is 12.2. The minimum Gasteiger partial charge on any atom is -0.381 e. The van der Waals surface area contributed by atoms with E-state index in [0.29, 0.717) is 17.7 Å². The van der Waals surface area contributed by atoms with Crippen LogP contribution in [-0.2, 0) is 0 Å². The Hall–Kier alpha value is -2.21. The lowest BCUT2D eigenvalue weighted by atomic mass is 10.1. The molecule has 1 aliphatic rings. The maximum atomic E-state index is 5.96. The largest absolute Gasteiger partial charge is 0.381 e.